The first-order chi connectivity index (χ1) is 13.5. The molecule has 1 aliphatic rings. The quantitative estimate of drug-likeness (QED) is 0.535. The average Bonchev–Trinajstić information content (AvgIpc) is 2.98. The van der Waals surface area contributed by atoms with Gasteiger partial charge in [0.25, 0.3) is 5.91 Å². The molecule has 2 aromatic carbocycles. The highest BCUT2D eigenvalue weighted by molar-refractivity contribution is 9.10. The molecule has 3 rings (SSSR count). The zero-order valence-electron chi connectivity index (χ0n) is 15.9. The van der Waals surface area contributed by atoms with Gasteiger partial charge < -0.3 is 9.47 Å². The molecule has 0 aliphatic carbocycles. The molecule has 0 aromatic heterocycles. The molecule has 2 aromatic rings. The number of amidine groups is 1. The molecule has 146 valence electrons. The van der Waals surface area contributed by atoms with Crippen molar-refractivity contribution in [2.45, 2.75) is 13.8 Å². The number of hydrogen-bond acceptors (Lipinski definition) is 5. The Morgan fingerprint density at radius 2 is 1.93 bits per heavy atom. The fourth-order valence-electron chi connectivity index (χ4n) is 2.69. The van der Waals surface area contributed by atoms with E-state index in [-0.39, 0.29) is 5.91 Å². The van der Waals surface area contributed by atoms with Crippen molar-refractivity contribution in [1.82, 2.24) is 4.90 Å². The van der Waals surface area contributed by atoms with Crippen LogP contribution in [0.2, 0.25) is 0 Å². The van der Waals surface area contributed by atoms with Crippen LogP contribution in [-0.2, 0) is 4.79 Å². The van der Waals surface area contributed by atoms with E-state index in [2.05, 4.69) is 20.9 Å². The second kappa shape index (κ2) is 9.30. The molecule has 0 atom stereocenters. The first kappa shape index (κ1) is 20.5. The normalized spacial score (nSPS) is 16.9. The van der Waals surface area contributed by atoms with Crippen LogP contribution >= 0.6 is 27.7 Å². The lowest BCUT2D eigenvalue weighted by Crippen LogP contribution is -2.28. The summed E-state index contributed by atoms with van der Waals surface area (Å²) < 4.78 is 11.6. The molecule has 1 fully saturated rings. The summed E-state index contributed by atoms with van der Waals surface area (Å²) in [4.78, 5) is 19.8. The summed E-state index contributed by atoms with van der Waals surface area (Å²) >= 11 is 4.86. The molecular formula is C21H21BrN2O3S. The van der Waals surface area contributed by atoms with Crippen molar-refractivity contribution in [1.29, 1.82) is 0 Å². The summed E-state index contributed by atoms with van der Waals surface area (Å²) in [7, 11) is 1.62. The van der Waals surface area contributed by atoms with Gasteiger partial charge in [0, 0.05) is 6.54 Å². The van der Waals surface area contributed by atoms with Crippen LogP contribution in [0.5, 0.6) is 11.5 Å². The molecule has 1 aliphatic heterocycles. The first-order valence-corrected chi connectivity index (χ1v) is 10.5. The number of carbonyl (C=O) groups excluding carboxylic acids is 1. The number of ether oxygens (including phenoxy) is 2. The Bertz CT molecular complexity index is 926. The van der Waals surface area contributed by atoms with Gasteiger partial charge in [-0.3, -0.25) is 9.69 Å². The third-order valence-corrected chi connectivity index (χ3v) is 5.68. The van der Waals surface area contributed by atoms with E-state index < -0.39 is 0 Å². The van der Waals surface area contributed by atoms with Gasteiger partial charge in [-0.25, -0.2) is 4.99 Å². The minimum Gasteiger partial charge on any atom is -0.496 e. The number of nitrogens with zero attached hydrogens (tertiary/aromatic N) is 2. The summed E-state index contributed by atoms with van der Waals surface area (Å²) in [5, 5.41) is 0.676. The maximum Gasteiger partial charge on any atom is 0.266 e. The Morgan fingerprint density at radius 1 is 1.18 bits per heavy atom. The number of methoxy groups -OCH3 is 1. The van der Waals surface area contributed by atoms with Gasteiger partial charge in [0.15, 0.2) is 5.17 Å². The summed E-state index contributed by atoms with van der Waals surface area (Å²) in [5.41, 5.74) is 1.70. The van der Waals surface area contributed by atoms with Crippen LogP contribution in [0, 0.1) is 0 Å². The smallest absolute Gasteiger partial charge is 0.266 e. The Balaban J connectivity index is 1.86. The van der Waals surface area contributed by atoms with E-state index in [0.717, 1.165) is 27.2 Å². The van der Waals surface area contributed by atoms with Crippen LogP contribution < -0.4 is 9.47 Å². The fraction of sp³-hybridized carbons (Fsp3) is 0.238. The lowest BCUT2D eigenvalue weighted by Gasteiger charge is -2.12. The molecule has 0 saturated carbocycles. The second-order valence-corrected chi connectivity index (χ2v) is 7.74. The number of aliphatic imine (C=N–C) groups is 1. The van der Waals surface area contributed by atoms with Crippen LogP contribution in [0.25, 0.3) is 6.08 Å². The predicted molar refractivity (Wildman–Crippen MR) is 118 cm³/mol. The number of rotatable bonds is 6. The predicted octanol–water partition coefficient (Wildman–Crippen LogP) is 5.48. The molecule has 0 radical (unpaired) electrons. The van der Waals surface area contributed by atoms with Gasteiger partial charge in [-0.15, -0.1) is 0 Å². The molecule has 1 amide bonds. The molecule has 0 bridgehead atoms. The average molecular weight is 461 g/mol. The van der Waals surface area contributed by atoms with Crippen molar-refractivity contribution in [3.8, 4) is 11.5 Å². The van der Waals surface area contributed by atoms with Crippen LogP contribution in [0.1, 0.15) is 19.4 Å². The van der Waals surface area contributed by atoms with E-state index in [1.54, 1.807) is 12.0 Å². The van der Waals surface area contributed by atoms with E-state index >= 15 is 0 Å². The maximum atomic E-state index is 12.8. The fourth-order valence-corrected chi connectivity index (χ4v) is 4.31. The highest BCUT2D eigenvalue weighted by atomic mass is 79.9. The van der Waals surface area contributed by atoms with Crippen LogP contribution in [0.4, 0.5) is 5.69 Å². The van der Waals surface area contributed by atoms with E-state index in [1.807, 2.05) is 62.4 Å². The van der Waals surface area contributed by atoms with Crippen molar-refractivity contribution < 1.29 is 14.3 Å². The molecule has 0 spiro atoms. The van der Waals surface area contributed by atoms with Gasteiger partial charge >= 0.3 is 0 Å². The van der Waals surface area contributed by atoms with Gasteiger partial charge in [0.2, 0.25) is 0 Å². The van der Waals surface area contributed by atoms with Crippen molar-refractivity contribution in [3.05, 3.63) is 57.4 Å². The largest absolute Gasteiger partial charge is 0.496 e. The van der Waals surface area contributed by atoms with Crippen molar-refractivity contribution >= 4 is 50.5 Å². The van der Waals surface area contributed by atoms with Crippen LogP contribution in [0.15, 0.2) is 56.8 Å². The third-order valence-electron chi connectivity index (χ3n) is 4.05. The Labute approximate surface area is 177 Å². The summed E-state index contributed by atoms with van der Waals surface area (Å²) in [6.07, 6.45) is 1.88. The zero-order valence-corrected chi connectivity index (χ0v) is 18.3. The Morgan fingerprint density at radius 3 is 2.54 bits per heavy atom. The van der Waals surface area contributed by atoms with Crippen LogP contribution in [0.3, 0.4) is 0 Å². The molecule has 1 heterocycles. The standard InChI is InChI=1S/C21H21BrN2O3S/c1-4-24-20(25)19(13-14-6-11-18(26-3)17(22)12-14)28-21(24)23-15-7-9-16(10-8-15)27-5-2/h6-13H,4-5H2,1-3H3. The molecular weight excluding hydrogens is 440 g/mol. The molecule has 1 saturated heterocycles. The molecule has 28 heavy (non-hydrogen) atoms. The maximum absolute atomic E-state index is 12.8. The van der Waals surface area contributed by atoms with Gasteiger partial charge in [-0.1, -0.05) is 6.07 Å². The Kier molecular flexibility index (Phi) is 6.80. The molecule has 7 heteroatoms. The first-order valence-electron chi connectivity index (χ1n) is 8.92. The number of likely N-dealkylation sites (N-methyl/N-ethyl adjacent to an activating group) is 1. The molecule has 5 nitrogen and oxygen atoms in total. The SMILES string of the molecule is CCOc1ccc(N=C2SC(=Cc3ccc(OC)c(Br)c3)C(=O)N2CC)cc1. The lowest BCUT2D eigenvalue weighted by atomic mass is 10.2. The highest BCUT2D eigenvalue weighted by Crippen LogP contribution is 2.35. The monoisotopic (exact) mass is 460 g/mol. The third kappa shape index (κ3) is 4.59. The minimum absolute atomic E-state index is 0.0378. The zero-order chi connectivity index (χ0) is 20.1. The van der Waals surface area contributed by atoms with Crippen molar-refractivity contribution in [3.63, 3.8) is 0 Å². The van der Waals surface area contributed by atoms with E-state index in [9.17, 15) is 4.79 Å². The van der Waals surface area contributed by atoms with Crippen molar-refractivity contribution in [2.24, 2.45) is 4.99 Å². The number of thioether (sulfide) groups is 1. The highest BCUT2D eigenvalue weighted by Gasteiger charge is 2.32. The van der Waals surface area contributed by atoms with Gasteiger partial charge in [0.1, 0.15) is 11.5 Å². The number of amides is 1. The Hall–Kier alpha value is -2.25. The van der Waals surface area contributed by atoms with E-state index in [1.165, 1.54) is 11.8 Å². The summed E-state index contributed by atoms with van der Waals surface area (Å²) in [6.45, 7) is 5.07. The minimum atomic E-state index is -0.0378. The second-order valence-electron chi connectivity index (χ2n) is 5.88. The summed E-state index contributed by atoms with van der Waals surface area (Å²) in [6, 6.07) is 13.3. The molecule has 0 N–H and O–H groups in total. The summed E-state index contributed by atoms with van der Waals surface area (Å²) in [5.74, 6) is 1.52. The van der Waals surface area contributed by atoms with Crippen LogP contribution in [-0.4, -0.2) is 36.2 Å². The van der Waals surface area contributed by atoms with Gasteiger partial charge in [0.05, 0.1) is 28.8 Å². The number of benzene rings is 2. The van der Waals surface area contributed by atoms with E-state index in [4.69, 9.17) is 9.47 Å². The van der Waals surface area contributed by atoms with E-state index in [0.29, 0.717) is 23.2 Å². The number of halogens is 1. The number of hydrogen-bond donors (Lipinski definition) is 0. The molecule has 0 unspecified atom stereocenters. The topological polar surface area (TPSA) is 51.1 Å². The van der Waals surface area contributed by atoms with Gasteiger partial charge in [-0.2, -0.15) is 0 Å². The van der Waals surface area contributed by atoms with Crippen molar-refractivity contribution in [2.75, 3.05) is 20.3 Å². The lowest BCUT2D eigenvalue weighted by molar-refractivity contribution is -0.122. The number of carbonyl (C=O) groups is 1. The van der Waals surface area contributed by atoms with Gasteiger partial charge in [-0.05, 0) is 89.6 Å².